The van der Waals surface area contributed by atoms with Crippen molar-refractivity contribution in [1.29, 1.82) is 0 Å². The molecular weight excluding hydrogens is 779 g/mol. The molecule has 1 aliphatic heterocycles. The van der Waals surface area contributed by atoms with Crippen LogP contribution < -0.4 is 9.47 Å². The molecule has 0 spiro atoms. The number of unbranched alkanes of at least 4 members (excludes halogenated alkanes) is 2. The van der Waals surface area contributed by atoms with E-state index >= 15 is 0 Å². The van der Waals surface area contributed by atoms with Crippen LogP contribution in [0.15, 0.2) is 96.2 Å². The number of aliphatic hydroxyl groups is 2. The molecule has 0 radical (unpaired) electrons. The zero-order chi connectivity index (χ0) is 42.8. The molecule has 7 rings (SSSR count). The van der Waals surface area contributed by atoms with E-state index in [-0.39, 0.29) is 74.7 Å². The van der Waals surface area contributed by atoms with Crippen molar-refractivity contribution in [3.63, 3.8) is 0 Å². The maximum atomic E-state index is 15.0. The Morgan fingerprint density at radius 2 is 1.74 bits per heavy atom. The van der Waals surface area contributed by atoms with Crippen LogP contribution in [0.1, 0.15) is 106 Å². The summed E-state index contributed by atoms with van der Waals surface area (Å²) < 4.78 is 49.8. The fourth-order valence-corrected chi connectivity index (χ4v) is 10.6. The lowest BCUT2D eigenvalue weighted by molar-refractivity contribution is -0.258. The first-order valence-electron chi connectivity index (χ1n) is 22.3. The molecule has 4 aliphatic rings. The highest BCUT2D eigenvalue weighted by Crippen LogP contribution is 2.62. The molecular formula is C50H62F2N2O7. The van der Waals surface area contributed by atoms with Crippen molar-refractivity contribution >= 4 is 11.6 Å². The largest absolute Gasteiger partial charge is 0.489 e. The maximum Gasteiger partial charge on any atom is 0.239 e. The van der Waals surface area contributed by atoms with Crippen molar-refractivity contribution < 1.29 is 42.8 Å². The van der Waals surface area contributed by atoms with E-state index in [4.69, 9.17) is 24.2 Å². The van der Waals surface area contributed by atoms with Gasteiger partial charge < -0.3 is 34.2 Å². The van der Waals surface area contributed by atoms with Crippen molar-refractivity contribution in [2.24, 2.45) is 28.8 Å². The first-order valence-corrected chi connectivity index (χ1v) is 22.3. The third-order valence-corrected chi connectivity index (χ3v) is 13.4. The van der Waals surface area contributed by atoms with E-state index in [0.717, 1.165) is 61.6 Å². The minimum Gasteiger partial charge on any atom is -0.489 e. The zero-order valence-electron chi connectivity index (χ0n) is 35.5. The van der Waals surface area contributed by atoms with Crippen molar-refractivity contribution in [2.75, 3.05) is 26.9 Å². The Morgan fingerprint density at radius 3 is 2.46 bits per heavy atom. The molecule has 0 bridgehead atoms. The second-order valence-electron chi connectivity index (χ2n) is 17.2. The molecule has 3 aromatic carbocycles. The number of hydrogen-bond acceptors (Lipinski definition) is 8. The number of benzene rings is 3. The van der Waals surface area contributed by atoms with E-state index < -0.39 is 17.7 Å². The van der Waals surface area contributed by atoms with Crippen LogP contribution in [-0.4, -0.2) is 65.5 Å². The number of rotatable bonds is 21. The highest BCUT2D eigenvalue weighted by molar-refractivity contribution is 6.03. The Balaban J connectivity index is 1.40. The number of nitrogens with zero attached hydrogens (tertiary/aromatic N) is 2. The number of oxime groups is 1. The normalized spacial score (nSPS) is 25.0. The SMILES string of the molecule is C=CCO[C@@]12Oc3ccc(OCc4ccccc4F)cc3[C@H]3[C@H](CCCCO)[C@@H](CCCCO)C=C(C(=NOC)C[C@@H]1N(Cc1ccc(F)cc1)C(=O)CCC1CCCC1)[C@H]32. The van der Waals surface area contributed by atoms with Crippen LogP contribution in [0.5, 0.6) is 11.5 Å². The summed E-state index contributed by atoms with van der Waals surface area (Å²) in [5, 5.41) is 24.5. The van der Waals surface area contributed by atoms with Gasteiger partial charge in [-0.1, -0.05) is 86.2 Å². The van der Waals surface area contributed by atoms with Crippen molar-refractivity contribution in [2.45, 2.75) is 114 Å². The summed E-state index contributed by atoms with van der Waals surface area (Å²) in [6.45, 7) is 4.58. The van der Waals surface area contributed by atoms with Gasteiger partial charge in [-0.15, -0.1) is 6.58 Å². The van der Waals surface area contributed by atoms with Gasteiger partial charge in [0.05, 0.1) is 18.2 Å². The first kappa shape index (κ1) is 44.5. The lowest BCUT2D eigenvalue weighted by Crippen LogP contribution is -2.70. The van der Waals surface area contributed by atoms with Crippen LogP contribution in [0.25, 0.3) is 0 Å². The summed E-state index contributed by atoms with van der Waals surface area (Å²) in [7, 11) is 1.53. The van der Waals surface area contributed by atoms with Crippen molar-refractivity contribution in [3.8, 4) is 11.5 Å². The van der Waals surface area contributed by atoms with E-state index in [1.165, 1.54) is 38.2 Å². The van der Waals surface area contributed by atoms with Gasteiger partial charge >= 0.3 is 0 Å². The van der Waals surface area contributed by atoms with Crippen LogP contribution >= 0.6 is 0 Å². The Labute approximate surface area is 359 Å². The van der Waals surface area contributed by atoms with Gasteiger partial charge in [-0.05, 0) is 97.4 Å². The summed E-state index contributed by atoms with van der Waals surface area (Å²) >= 11 is 0. The predicted octanol–water partition coefficient (Wildman–Crippen LogP) is 9.81. The van der Waals surface area contributed by atoms with Crippen molar-refractivity contribution in [1.82, 2.24) is 4.90 Å². The molecule has 0 aromatic heterocycles. The predicted molar refractivity (Wildman–Crippen MR) is 231 cm³/mol. The monoisotopic (exact) mass is 840 g/mol. The molecule has 0 unspecified atom stereocenters. The molecule has 1 heterocycles. The van der Waals surface area contributed by atoms with Gasteiger partial charge in [-0.3, -0.25) is 4.79 Å². The Bertz CT molecular complexity index is 2000. The second-order valence-corrected chi connectivity index (χ2v) is 17.2. The van der Waals surface area contributed by atoms with Gasteiger partial charge in [0.2, 0.25) is 11.7 Å². The summed E-state index contributed by atoms with van der Waals surface area (Å²) in [6.07, 6.45) is 14.5. The first-order chi connectivity index (χ1) is 29.8. The number of allylic oxidation sites excluding steroid dienone is 1. The van der Waals surface area contributed by atoms with E-state index in [1.807, 2.05) is 23.1 Å². The fraction of sp³-hybridized carbons (Fsp3) is 0.520. The molecule has 2 N–H and O–H groups in total. The van der Waals surface area contributed by atoms with E-state index in [0.29, 0.717) is 48.0 Å². The minimum absolute atomic E-state index is 0.0290. The molecule has 328 valence electrons. The molecule has 6 atom stereocenters. The second kappa shape index (κ2) is 21.0. The van der Waals surface area contributed by atoms with Gasteiger partial charge in [-0.2, -0.15) is 0 Å². The molecule has 2 fully saturated rings. The topological polar surface area (TPSA) is 110 Å². The van der Waals surface area contributed by atoms with Gasteiger partial charge in [0.1, 0.15) is 42.9 Å². The molecule has 0 saturated heterocycles. The van der Waals surface area contributed by atoms with Crippen molar-refractivity contribution in [3.05, 3.63) is 119 Å². The Hall–Kier alpha value is -4.58. The smallest absolute Gasteiger partial charge is 0.239 e. The number of amides is 1. The van der Waals surface area contributed by atoms with Crippen LogP contribution in [0, 0.1) is 35.3 Å². The number of halogens is 2. The molecule has 1 amide bonds. The van der Waals surface area contributed by atoms with E-state index in [9.17, 15) is 23.8 Å². The quantitative estimate of drug-likeness (QED) is 0.0625. The van der Waals surface area contributed by atoms with E-state index in [2.05, 4.69) is 12.7 Å². The van der Waals surface area contributed by atoms with Gasteiger partial charge in [0.25, 0.3) is 0 Å². The highest BCUT2D eigenvalue weighted by Gasteiger charge is 2.65. The summed E-state index contributed by atoms with van der Waals surface area (Å²) in [5.74, 6) is -1.13. The zero-order valence-corrected chi connectivity index (χ0v) is 35.5. The summed E-state index contributed by atoms with van der Waals surface area (Å²) in [4.78, 5) is 22.5. The highest BCUT2D eigenvalue weighted by atomic mass is 19.1. The number of hydrogen-bond donors (Lipinski definition) is 2. The fourth-order valence-electron chi connectivity index (χ4n) is 10.6. The lowest BCUT2D eigenvalue weighted by Gasteiger charge is -2.60. The maximum absolute atomic E-state index is 15.0. The average Bonchev–Trinajstić information content (AvgIpc) is 3.80. The minimum atomic E-state index is -1.42. The van der Waals surface area contributed by atoms with Gasteiger partial charge in [0.15, 0.2) is 0 Å². The van der Waals surface area contributed by atoms with Crippen LogP contribution in [-0.2, 0) is 27.5 Å². The van der Waals surface area contributed by atoms with Crippen LogP contribution in [0.2, 0.25) is 0 Å². The van der Waals surface area contributed by atoms with Gasteiger partial charge in [-0.25, -0.2) is 8.78 Å². The number of carbonyl (C=O) groups is 1. The molecule has 3 aliphatic carbocycles. The standard InChI is InChI=1S/C50H62F2N2O7/c1-3-28-60-50-46(54(32-35-18-21-38(51)22-19-35)47(57)25-20-34-12-4-5-13-34)31-44(53-58-2)41-29-36(14-8-10-26-55)40(16-9-11-27-56)48(49(41)50)42-30-39(23-24-45(42)61-50)59-33-37-15-6-7-17-43(37)52/h3,6-7,15,17-19,21-24,29-30,34,36,40,46,48-49,55-56H,1,4-5,8-14,16,20,25-28,31-33H2,2H3/t36-,40+,46-,48+,49+,50+/m0/s1. The van der Waals surface area contributed by atoms with Crippen LogP contribution in [0.4, 0.5) is 8.78 Å². The number of aliphatic hydroxyl groups excluding tert-OH is 2. The molecule has 61 heavy (non-hydrogen) atoms. The molecule has 9 nitrogen and oxygen atoms in total. The third-order valence-electron chi connectivity index (χ3n) is 13.4. The van der Waals surface area contributed by atoms with Gasteiger partial charge in [0, 0.05) is 49.6 Å². The van der Waals surface area contributed by atoms with Crippen LogP contribution in [0.3, 0.4) is 0 Å². The number of fused-ring (bicyclic) bond motifs is 2. The Kier molecular flexibility index (Phi) is 15.3. The molecule has 11 heteroatoms. The molecule has 2 saturated carbocycles. The average molecular weight is 841 g/mol. The third kappa shape index (κ3) is 10.1. The number of ether oxygens (including phenoxy) is 3. The summed E-state index contributed by atoms with van der Waals surface area (Å²) in [6, 6.07) is 17.9. The molecule has 3 aromatic rings. The van der Waals surface area contributed by atoms with E-state index in [1.54, 1.807) is 36.4 Å². The Morgan fingerprint density at radius 1 is 0.984 bits per heavy atom. The summed E-state index contributed by atoms with van der Waals surface area (Å²) in [5.41, 5.74) is 3.77. The lowest BCUT2D eigenvalue weighted by atomic mass is 9.55. The number of carbonyl (C=O) groups excluding carboxylic acids is 1.